The maximum Gasteiger partial charge on any atom is 0.321 e. The van der Waals surface area contributed by atoms with Crippen LogP contribution in [-0.4, -0.2) is 17.2 Å². The van der Waals surface area contributed by atoms with Crippen LogP contribution in [0.5, 0.6) is 0 Å². The summed E-state index contributed by atoms with van der Waals surface area (Å²) < 4.78 is 0. The van der Waals surface area contributed by atoms with Crippen molar-refractivity contribution >= 4 is 40.0 Å². The lowest BCUT2D eigenvalue weighted by Gasteiger charge is -2.32. The molecule has 1 amide bonds. The fourth-order valence-corrected chi connectivity index (χ4v) is 2.34. The number of ketones is 1. The van der Waals surface area contributed by atoms with E-state index < -0.39 is 5.37 Å². The van der Waals surface area contributed by atoms with E-state index in [4.69, 9.17) is 23.2 Å². The van der Waals surface area contributed by atoms with Crippen molar-refractivity contribution in [3.05, 3.63) is 28.8 Å². The number of hydrogen-bond acceptors (Lipinski definition) is 2. The number of carbonyl (C=O) groups is 2. The Morgan fingerprint density at radius 2 is 2.19 bits per heavy atom. The molecule has 3 nitrogen and oxygen atoms in total. The molecule has 5 heteroatoms. The van der Waals surface area contributed by atoms with Crippen LogP contribution in [0.15, 0.2) is 18.2 Å². The summed E-state index contributed by atoms with van der Waals surface area (Å²) in [5.74, 6) is 0.00772. The Bertz CT molecular complexity index is 473. The summed E-state index contributed by atoms with van der Waals surface area (Å²) in [4.78, 5) is 24.5. The van der Waals surface area contributed by atoms with E-state index in [0.29, 0.717) is 16.3 Å². The molecule has 1 aromatic carbocycles. The standard InChI is InChI=1S/C11H9Cl2NO2/c1-6-4-10(15)8-3-2-7(12)5-9(8)14(6)11(13)16/h2-3,5-6H,4H2,1H3. The predicted molar refractivity (Wildman–Crippen MR) is 63.6 cm³/mol. The maximum absolute atomic E-state index is 11.8. The molecular formula is C11H9Cl2NO2. The molecule has 0 saturated carbocycles. The van der Waals surface area contributed by atoms with Gasteiger partial charge in [0, 0.05) is 23.0 Å². The van der Waals surface area contributed by atoms with Crippen molar-refractivity contribution in [2.45, 2.75) is 19.4 Å². The van der Waals surface area contributed by atoms with Crippen LogP contribution in [0, 0.1) is 0 Å². The number of rotatable bonds is 0. The summed E-state index contributed by atoms with van der Waals surface area (Å²) in [6, 6.07) is 4.61. The van der Waals surface area contributed by atoms with Gasteiger partial charge < -0.3 is 0 Å². The zero-order valence-electron chi connectivity index (χ0n) is 8.54. The molecule has 0 saturated heterocycles. The number of hydrogen-bond donors (Lipinski definition) is 0. The van der Waals surface area contributed by atoms with Gasteiger partial charge in [-0.15, -0.1) is 0 Å². The lowest BCUT2D eigenvalue weighted by atomic mass is 9.96. The van der Waals surface area contributed by atoms with E-state index in [1.807, 2.05) is 0 Å². The minimum Gasteiger partial charge on any atom is -0.295 e. The van der Waals surface area contributed by atoms with E-state index in [1.54, 1.807) is 25.1 Å². The molecule has 16 heavy (non-hydrogen) atoms. The molecule has 0 spiro atoms. The van der Waals surface area contributed by atoms with Crippen molar-refractivity contribution in [2.24, 2.45) is 0 Å². The third kappa shape index (κ3) is 1.81. The molecule has 0 aliphatic carbocycles. The van der Waals surface area contributed by atoms with Crippen LogP contribution in [0.4, 0.5) is 10.5 Å². The highest BCUT2D eigenvalue weighted by Crippen LogP contribution is 2.33. The van der Waals surface area contributed by atoms with Gasteiger partial charge in [0.2, 0.25) is 0 Å². The van der Waals surface area contributed by atoms with Gasteiger partial charge >= 0.3 is 5.37 Å². The number of benzene rings is 1. The van der Waals surface area contributed by atoms with Crippen LogP contribution >= 0.6 is 23.2 Å². The number of halogens is 2. The summed E-state index contributed by atoms with van der Waals surface area (Å²) >= 11 is 11.4. The smallest absolute Gasteiger partial charge is 0.295 e. The lowest BCUT2D eigenvalue weighted by Crippen LogP contribution is -2.41. The van der Waals surface area contributed by atoms with Crippen LogP contribution in [0.2, 0.25) is 5.02 Å². The third-order valence-electron chi connectivity index (χ3n) is 2.63. The van der Waals surface area contributed by atoms with Crippen LogP contribution in [0.3, 0.4) is 0 Å². The monoisotopic (exact) mass is 257 g/mol. The van der Waals surface area contributed by atoms with Crippen molar-refractivity contribution < 1.29 is 9.59 Å². The molecule has 1 atom stereocenters. The molecule has 1 heterocycles. The van der Waals surface area contributed by atoms with E-state index in [-0.39, 0.29) is 18.2 Å². The molecule has 0 N–H and O–H groups in total. The van der Waals surface area contributed by atoms with Crippen molar-refractivity contribution in [2.75, 3.05) is 4.90 Å². The minimum atomic E-state index is -0.594. The molecule has 1 aliphatic rings. The first-order valence-corrected chi connectivity index (χ1v) is 5.57. The highest BCUT2D eigenvalue weighted by molar-refractivity contribution is 6.66. The van der Waals surface area contributed by atoms with Crippen molar-refractivity contribution in [3.8, 4) is 0 Å². The van der Waals surface area contributed by atoms with Crippen molar-refractivity contribution in [1.82, 2.24) is 0 Å². The minimum absolute atomic E-state index is 0.00772. The van der Waals surface area contributed by atoms with Crippen LogP contribution in [0.1, 0.15) is 23.7 Å². The molecule has 84 valence electrons. The Labute approximate surface area is 103 Å². The van der Waals surface area contributed by atoms with Crippen LogP contribution in [0.25, 0.3) is 0 Å². The van der Waals surface area contributed by atoms with E-state index >= 15 is 0 Å². The normalized spacial score (nSPS) is 19.6. The number of amides is 1. The molecule has 0 fully saturated rings. The second-order valence-electron chi connectivity index (χ2n) is 3.76. The predicted octanol–water partition coefficient (Wildman–Crippen LogP) is 3.48. The van der Waals surface area contributed by atoms with Gasteiger partial charge in [0.1, 0.15) is 0 Å². The van der Waals surface area contributed by atoms with Gasteiger partial charge in [-0.3, -0.25) is 14.5 Å². The van der Waals surface area contributed by atoms with Gasteiger partial charge in [-0.1, -0.05) is 11.6 Å². The largest absolute Gasteiger partial charge is 0.321 e. The topological polar surface area (TPSA) is 37.4 Å². The Morgan fingerprint density at radius 3 is 2.81 bits per heavy atom. The summed E-state index contributed by atoms with van der Waals surface area (Å²) in [6.07, 6.45) is 0.285. The quantitative estimate of drug-likeness (QED) is 0.527. The SMILES string of the molecule is CC1CC(=O)c2ccc(Cl)cc2N1C(=O)Cl. The van der Waals surface area contributed by atoms with Gasteiger partial charge in [0.15, 0.2) is 5.78 Å². The fourth-order valence-electron chi connectivity index (χ4n) is 1.91. The molecule has 0 bridgehead atoms. The average molecular weight is 258 g/mol. The Morgan fingerprint density at radius 1 is 1.50 bits per heavy atom. The molecule has 1 aromatic rings. The average Bonchev–Trinajstić information content (AvgIpc) is 2.15. The first-order valence-electron chi connectivity index (χ1n) is 4.82. The van der Waals surface area contributed by atoms with E-state index in [0.717, 1.165) is 0 Å². The van der Waals surface area contributed by atoms with Gasteiger partial charge in [-0.05, 0) is 36.7 Å². The summed E-state index contributed by atoms with van der Waals surface area (Å²) in [5.41, 5.74) is 0.993. The van der Waals surface area contributed by atoms with Crippen molar-refractivity contribution in [1.29, 1.82) is 0 Å². The third-order valence-corrected chi connectivity index (χ3v) is 3.05. The molecular weight excluding hydrogens is 249 g/mol. The molecule has 0 radical (unpaired) electrons. The number of nitrogens with zero attached hydrogens (tertiary/aromatic N) is 1. The highest BCUT2D eigenvalue weighted by Gasteiger charge is 2.31. The molecule has 1 aliphatic heterocycles. The van der Waals surface area contributed by atoms with E-state index in [1.165, 1.54) is 4.90 Å². The number of anilines is 1. The maximum atomic E-state index is 11.8. The lowest BCUT2D eigenvalue weighted by molar-refractivity contribution is 0.0970. The van der Waals surface area contributed by atoms with Crippen LogP contribution in [-0.2, 0) is 0 Å². The Hall–Kier alpha value is -1.06. The number of Topliss-reactive ketones (excluding diaryl/α,β-unsaturated/α-hetero) is 1. The fraction of sp³-hybridized carbons (Fsp3) is 0.273. The van der Waals surface area contributed by atoms with E-state index in [2.05, 4.69) is 0 Å². The summed E-state index contributed by atoms with van der Waals surface area (Å²) in [5, 5.41) is -0.118. The van der Waals surface area contributed by atoms with Gasteiger partial charge in [-0.2, -0.15) is 0 Å². The number of fused-ring (bicyclic) bond motifs is 1. The highest BCUT2D eigenvalue weighted by atomic mass is 35.5. The summed E-state index contributed by atoms with van der Waals surface area (Å²) in [6.45, 7) is 1.78. The molecule has 2 rings (SSSR count). The molecule has 1 unspecified atom stereocenters. The Balaban J connectivity index is 2.60. The van der Waals surface area contributed by atoms with Crippen LogP contribution < -0.4 is 4.90 Å². The zero-order chi connectivity index (χ0) is 11.9. The van der Waals surface area contributed by atoms with Crippen molar-refractivity contribution in [3.63, 3.8) is 0 Å². The first kappa shape index (κ1) is 11.4. The summed E-state index contributed by atoms with van der Waals surface area (Å²) in [7, 11) is 0. The second-order valence-corrected chi connectivity index (χ2v) is 4.52. The first-order chi connectivity index (χ1) is 7.50. The number of carbonyl (C=O) groups excluding carboxylic acids is 2. The Kier molecular flexibility index (Phi) is 2.91. The molecule has 0 aromatic heterocycles. The zero-order valence-corrected chi connectivity index (χ0v) is 10.0. The van der Waals surface area contributed by atoms with Gasteiger partial charge in [0.25, 0.3) is 0 Å². The van der Waals surface area contributed by atoms with Gasteiger partial charge in [0.05, 0.1) is 5.69 Å². The van der Waals surface area contributed by atoms with E-state index in [9.17, 15) is 9.59 Å². The van der Waals surface area contributed by atoms with Gasteiger partial charge in [-0.25, -0.2) is 0 Å². The second kappa shape index (κ2) is 4.07.